The van der Waals surface area contributed by atoms with Gasteiger partial charge in [-0.25, -0.2) is 0 Å². The maximum absolute atomic E-state index is 14.2. The number of aromatic nitrogens is 2. The third kappa shape index (κ3) is 5.04. The molecule has 220 valence electrons. The largest absolute Gasteiger partial charge is 0.368 e. The molecule has 2 amide bonds. The van der Waals surface area contributed by atoms with Crippen LogP contribution in [0.15, 0.2) is 103 Å². The molecule has 0 radical (unpaired) electrons. The number of hydrogen-bond donors (Lipinski definition) is 0. The molecule has 0 saturated carbocycles. The zero-order valence-corrected chi connectivity index (χ0v) is 25.1. The van der Waals surface area contributed by atoms with Gasteiger partial charge in [0.05, 0.1) is 13.1 Å². The summed E-state index contributed by atoms with van der Waals surface area (Å²) in [4.78, 5) is 38.2. The van der Waals surface area contributed by atoms with E-state index in [1.54, 1.807) is 12.4 Å². The van der Waals surface area contributed by atoms with E-state index in [-0.39, 0.29) is 11.8 Å². The molecule has 1 fully saturated rings. The van der Waals surface area contributed by atoms with Crippen LogP contribution in [0.25, 0.3) is 11.1 Å². The first-order valence-electron chi connectivity index (χ1n) is 15.2. The summed E-state index contributed by atoms with van der Waals surface area (Å²) in [6.07, 6.45) is 3.60. The lowest BCUT2D eigenvalue weighted by molar-refractivity contribution is 0.0736. The van der Waals surface area contributed by atoms with Gasteiger partial charge in [-0.2, -0.15) is 0 Å². The quantitative estimate of drug-likeness (QED) is 0.249. The number of anilines is 2. The standard InChI is InChI=1S/C37H35N5O2/c1-26-7-3-5-9-32(26)33-13-11-28(23-27(33)2)36(43)42-25-31-12-14-35(41(31)24-29-8-4-6-10-34(29)42)37(44)40-21-19-39(20-22-40)30-15-17-38-18-16-30/h3-18,23H,19-22,24-25H2,1-2H3. The van der Waals surface area contributed by atoms with Crippen molar-refractivity contribution in [3.8, 4) is 11.1 Å². The highest BCUT2D eigenvalue weighted by Crippen LogP contribution is 2.32. The molecule has 0 aliphatic carbocycles. The fraction of sp³-hybridized carbons (Fsp3) is 0.216. The molecule has 7 rings (SSSR count). The summed E-state index contributed by atoms with van der Waals surface area (Å²) in [5, 5.41) is 0. The van der Waals surface area contributed by atoms with Crippen molar-refractivity contribution in [1.82, 2.24) is 14.5 Å². The zero-order chi connectivity index (χ0) is 30.2. The van der Waals surface area contributed by atoms with Gasteiger partial charge in [0.2, 0.25) is 0 Å². The van der Waals surface area contributed by atoms with Gasteiger partial charge in [0.25, 0.3) is 11.8 Å². The van der Waals surface area contributed by atoms with Crippen molar-refractivity contribution in [3.05, 3.63) is 137 Å². The first-order chi connectivity index (χ1) is 21.5. The minimum absolute atomic E-state index is 0.0327. The molecule has 44 heavy (non-hydrogen) atoms. The van der Waals surface area contributed by atoms with Crippen LogP contribution < -0.4 is 9.80 Å². The number of rotatable bonds is 4. The average Bonchev–Trinajstić information content (AvgIpc) is 3.37. The molecular weight excluding hydrogens is 546 g/mol. The van der Waals surface area contributed by atoms with Gasteiger partial charge in [0.15, 0.2) is 0 Å². The van der Waals surface area contributed by atoms with Crippen LogP contribution in [-0.2, 0) is 13.1 Å². The van der Waals surface area contributed by atoms with Crippen molar-refractivity contribution >= 4 is 23.2 Å². The molecule has 0 N–H and O–H groups in total. The molecule has 4 heterocycles. The molecule has 0 atom stereocenters. The Kier molecular flexibility index (Phi) is 7.22. The monoisotopic (exact) mass is 581 g/mol. The highest BCUT2D eigenvalue weighted by molar-refractivity contribution is 6.07. The predicted molar refractivity (Wildman–Crippen MR) is 174 cm³/mol. The summed E-state index contributed by atoms with van der Waals surface area (Å²) in [6, 6.07) is 30.3. The zero-order valence-electron chi connectivity index (χ0n) is 25.1. The minimum atomic E-state index is -0.0494. The van der Waals surface area contributed by atoms with Crippen LogP contribution in [0.5, 0.6) is 0 Å². The number of aryl methyl sites for hydroxylation is 2. The normalized spacial score (nSPS) is 14.5. The van der Waals surface area contributed by atoms with Gasteiger partial charge in [-0.1, -0.05) is 48.5 Å². The Labute approximate surface area is 258 Å². The molecule has 2 aliphatic rings. The maximum atomic E-state index is 14.2. The predicted octanol–water partition coefficient (Wildman–Crippen LogP) is 6.34. The highest BCUT2D eigenvalue weighted by Gasteiger charge is 2.30. The van der Waals surface area contributed by atoms with Gasteiger partial charge in [-0.05, 0) is 84.1 Å². The number of hydrogen-bond acceptors (Lipinski definition) is 4. The Hall–Kier alpha value is -5.17. The van der Waals surface area contributed by atoms with E-state index in [2.05, 4.69) is 52.6 Å². The number of nitrogens with zero attached hydrogens (tertiary/aromatic N) is 5. The molecule has 1 saturated heterocycles. The summed E-state index contributed by atoms with van der Waals surface area (Å²) in [5.41, 5.74) is 9.87. The SMILES string of the molecule is Cc1ccccc1-c1ccc(C(=O)N2Cc3ccc(C(=O)N4CCN(c5ccncc5)CC4)n3Cc3ccccc32)cc1C. The van der Waals surface area contributed by atoms with Crippen LogP contribution in [0.4, 0.5) is 11.4 Å². The number of para-hydroxylation sites is 1. The van der Waals surface area contributed by atoms with Crippen molar-refractivity contribution in [2.24, 2.45) is 0 Å². The molecule has 7 nitrogen and oxygen atoms in total. The Morgan fingerprint density at radius 2 is 1.41 bits per heavy atom. The molecule has 0 spiro atoms. The van der Waals surface area contributed by atoms with Gasteiger partial charge in [-0.15, -0.1) is 0 Å². The number of pyridine rings is 1. The Balaban J connectivity index is 1.15. The number of piperazine rings is 1. The summed E-state index contributed by atoms with van der Waals surface area (Å²) >= 11 is 0. The van der Waals surface area contributed by atoms with E-state index in [1.807, 2.05) is 76.5 Å². The summed E-state index contributed by atoms with van der Waals surface area (Å²) in [6.45, 7) is 7.95. The second-order valence-electron chi connectivity index (χ2n) is 11.6. The van der Waals surface area contributed by atoms with Gasteiger partial charge < -0.3 is 19.3 Å². The topological polar surface area (TPSA) is 61.7 Å². The molecule has 7 heteroatoms. The average molecular weight is 582 g/mol. The molecular formula is C37H35N5O2. The second-order valence-corrected chi connectivity index (χ2v) is 11.6. The van der Waals surface area contributed by atoms with E-state index >= 15 is 0 Å². The van der Waals surface area contributed by atoms with E-state index in [1.165, 1.54) is 11.1 Å². The number of benzene rings is 3. The van der Waals surface area contributed by atoms with Crippen LogP contribution in [0.3, 0.4) is 0 Å². The van der Waals surface area contributed by atoms with E-state index < -0.39 is 0 Å². The van der Waals surface area contributed by atoms with E-state index in [0.717, 1.165) is 46.8 Å². The third-order valence-electron chi connectivity index (χ3n) is 8.97. The number of carbonyl (C=O) groups excluding carboxylic acids is 2. The highest BCUT2D eigenvalue weighted by atomic mass is 16.2. The van der Waals surface area contributed by atoms with Gasteiger partial charge in [0.1, 0.15) is 5.69 Å². The van der Waals surface area contributed by atoms with Crippen molar-refractivity contribution < 1.29 is 9.59 Å². The molecule has 3 aromatic carbocycles. The number of fused-ring (bicyclic) bond motifs is 2. The van der Waals surface area contributed by atoms with Crippen LogP contribution in [-0.4, -0.2) is 52.4 Å². The maximum Gasteiger partial charge on any atom is 0.270 e. The molecule has 2 aliphatic heterocycles. The number of carbonyl (C=O) groups is 2. The van der Waals surface area contributed by atoms with Crippen LogP contribution in [0.2, 0.25) is 0 Å². The summed E-state index contributed by atoms with van der Waals surface area (Å²) < 4.78 is 2.09. The van der Waals surface area contributed by atoms with E-state index in [9.17, 15) is 9.59 Å². The lowest BCUT2D eigenvalue weighted by Crippen LogP contribution is -2.49. The van der Waals surface area contributed by atoms with Crippen LogP contribution >= 0.6 is 0 Å². The van der Waals surface area contributed by atoms with Gasteiger partial charge in [-0.3, -0.25) is 14.6 Å². The first-order valence-corrected chi connectivity index (χ1v) is 15.2. The van der Waals surface area contributed by atoms with Crippen LogP contribution in [0, 0.1) is 13.8 Å². The molecule has 2 aromatic heterocycles. The molecule has 0 bridgehead atoms. The minimum Gasteiger partial charge on any atom is -0.368 e. The first kappa shape index (κ1) is 27.7. The molecule has 0 unspecified atom stereocenters. The fourth-order valence-electron chi connectivity index (χ4n) is 6.54. The van der Waals surface area contributed by atoms with Crippen LogP contribution in [0.1, 0.15) is 43.2 Å². The van der Waals surface area contributed by atoms with Crippen molar-refractivity contribution in [2.75, 3.05) is 36.0 Å². The van der Waals surface area contributed by atoms with Crippen molar-refractivity contribution in [3.63, 3.8) is 0 Å². The smallest absolute Gasteiger partial charge is 0.270 e. The molecule has 5 aromatic rings. The van der Waals surface area contributed by atoms with Gasteiger partial charge in [0, 0.05) is 61.2 Å². The van der Waals surface area contributed by atoms with Crippen molar-refractivity contribution in [1.29, 1.82) is 0 Å². The van der Waals surface area contributed by atoms with E-state index in [4.69, 9.17) is 0 Å². The van der Waals surface area contributed by atoms with Gasteiger partial charge >= 0.3 is 0 Å². The lowest BCUT2D eigenvalue weighted by atomic mass is 9.95. The summed E-state index contributed by atoms with van der Waals surface area (Å²) in [7, 11) is 0. The second kappa shape index (κ2) is 11.5. The summed E-state index contributed by atoms with van der Waals surface area (Å²) in [5.74, 6) is -0.0167. The van der Waals surface area contributed by atoms with Crippen molar-refractivity contribution in [2.45, 2.75) is 26.9 Å². The Bertz CT molecular complexity index is 1850. The number of amides is 2. The lowest BCUT2D eigenvalue weighted by Gasteiger charge is -2.36. The fourth-order valence-corrected chi connectivity index (χ4v) is 6.54. The Morgan fingerprint density at radius 1 is 0.682 bits per heavy atom. The third-order valence-corrected chi connectivity index (χ3v) is 8.97. The van der Waals surface area contributed by atoms with E-state index in [0.29, 0.717) is 37.4 Å². The Morgan fingerprint density at radius 3 is 2.18 bits per heavy atom.